The van der Waals surface area contributed by atoms with Crippen LogP contribution in [0.5, 0.6) is 11.5 Å². The molecule has 2 aromatic carbocycles. The van der Waals surface area contributed by atoms with E-state index in [4.69, 9.17) is 9.47 Å². The molecule has 0 saturated heterocycles. The van der Waals surface area contributed by atoms with E-state index >= 15 is 0 Å². The molecule has 2 rings (SSSR count). The molecule has 0 bridgehead atoms. The highest BCUT2D eigenvalue weighted by molar-refractivity contribution is 5.93. The molecule has 0 aliphatic carbocycles. The van der Waals surface area contributed by atoms with Crippen molar-refractivity contribution in [3.63, 3.8) is 0 Å². The Hall–Kier alpha value is -3.35. The van der Waals surface area contributed by atoms with Gasteiger partial charge in [0.05, 0.1) is 6.61 Å². The second-order valence-electron chi connectivity index (χ2n) is 5.09. The van der Waals surface area contributed by atoms with E-state index in [1.54, 1.807) is 30.3 Å². The molecule has 0 aromatic heterocycles. The summed E-state index contributed by atoms with van der Waals surface area (Å²) in [6, 6.07) is 12.7. The number of para-hydroxylation sites is 2. The summed E-state index contributed by atoms with van der Waals surface area (Å²) in [5.74, 6) is -0.529. The highest BCUT2D eigenvalue weighted by Crippen LogP contribution is 2.26. The zero-order valence-corrected chi connectivity index (χ0v) is 14.2. The number of ether oxygens (including phenoxy) is 2. The first-order valence-corrected chi connectivity index (χ1v) is 7.95. The average Bonchev–Trinajstić information content (AvgIpc) is 2.64. The molecule has 2 amide bonds. The minimum absolute atomic E-state index is 0.294. The zero-order valence-electron chi connectivity index (χ0n) is 14.2. The van der Waals surface area contributed by atoms with Crippen molar-refractivity contribution < 1.29 is 23.5 Å². The number of hydrogen-bond donors (Lipinski definition) is 2. The smallest absolute Gasteiger partial charge is 0.276 e. The summed E-state index contributed by atoms with van der Waals surface area (Å²) in [4.78, 5) is 23.4. The largest absolute Gasteiger partial charge is 0.490 e. The summed E-state index contributed by atoms with van der Waals surface area (Å²) in [5.41, 5.74) is 4.97. The lowest BCUT2D eigenvalue weighted by Gasteiger charge is -2.11. The normalized spacial score (nSPS) is 10.4. The van der Waals surface area contributed by atoms with Gasteiger partial charge in [0.15, 0.2) is 18.1 Å². The number of hydrazine groups is 1. The van der Waals surface area contributed by atoms with Gasteiger partial charge < -0.3 is 9.47 Å². The van der Waals surface area contributed by atoms with Crippen molar-refractivity contribution >= 4 is 17.9 Å². The SMILES string of the molecule is CCOc1ccccc1OCC(=O)NNC(=O)/C=C/c1cccc(F)c1. The molecule has 0 aliphatic rings. The molecule has 0 unspecified atom stereocenters. The first-order valence-electron chi connectivity index (χ1n) is 7.95. The quantitative estimate of drug-likeness (QED) is 0.589. The zero-order chi connectivity index (χ0) is 18.8. The fourth-order valence-corrected chi connectivity index (χ4v) is 1.98. The molecule has 7 heteroatoms. The molecule has 0 spiro atoms. The highest BCUT2D eigenvalue weighted by Gasteiger charge is 2.07. The molecule has 0 fully saturated rings. The van der Waals surface area contributed by atoms with Gasteiger partial charge in [0.2, 0.25) is 0 Å². The Morgan fingerprint density at radius 1 is 1.04 bits per heavy atom. The topological polar surface area (TPSA) is 76.7 Å². The van der Waals surface area contributed by atoms with E-state index in [0.29, 0.717) is 23.7 Å². The lowest BCUT2D eigenvalue weighted by atomic mass is 10.2. The van der Waals surface area contributed by atoms with Crippen molar-refractivity contribution in [1.82, 2.24) is 10.9 Å². The average molecular weight is 358 g/mol. The van der Waals surface area contributed by atoms with Gasteiger partial charge in [-0.1, -0.05) is 24.3 Å². The van der Waals surface area contributed by atoms with Gasteiger partial charge in [-0.3, -0.25) is 20.4 Å². The van der Waals surface area contributed by atoms with Gasteiger partial charge in [-0.05, 0) is 42.8 Å². The van der Waals surface area contributed by atoms with Gasteiger partial charge in [0, 0.05) is 6.08 Å². The van der Waals surface area contributed by atoms with Crippen molar-refractivity contribution in [2.75, 3.05) is 13.2 Å². The van der Waals surface area contributed by atoms with Crippen LogP contribution in [-0.4, -0.2) is 25.0 Å². The molecule has 0 radical (unpaired) electrons. The van der Waals surface area contributed by atoms with E-state index in [-0.39, 0.29) is 6.61 Å². The Labute approximate surface area is 150 Å². The van der Waals surface area contributed by atoms with Crippen LogP contribution in [0.2, 0.25) is 0 Å². The summed E-state index contributed by atoms with van der Waals surface area (Å²) >= 11 is 0. The van der Waals surface area contributed by atoms with Crippen LogP contribution in [0.4, 0.5) is 4.39 Å². The molecule has 0 saturated carbocycles. The molecule has 0 atom stereocenters. The number of carbonyl (C=O) groups excluding carboxylic acids is 2. The van der Waals surface area contributed by atoms with E-state index in [2.05, 4.69) is 10.9 Å². The number of carbonyl (C=O) groups is 2. The molecule has 26 heavy (non-hydrogen) atoms. The number of rotatable bonds is 7. The molecular formula is C19H19FN2O4. The van der Waals surface area contributed by atoms with E-state index in [1.807, 2.05) is 6.92 Å². The third-order valence-corrected chi connectivity index (χ3v) is 3.11. The molecule has 0 heterocycles. The standard InChI is InChI=1S/C19H19FN2O4/c1-2-25-16-8-3-4-9-17(16)26-13-19(24)22-21-18(23)11-10-14-6-5-7-15(20)12-14/h3-12H,2,13H2,1H3,(H,21,23)(H,22,24)/b11-10+. The maximum atomic E-state index is 13.0. The van der Waals surface area contributed by atoms with Gasteiger partial charge in [-0.15, -0.1) is 0 Å². The number of amides is 2. The summed E-state index contributed by atoms with van der Waals surface area (Å²) in [6.45, 7) is 2.02. The van der Waals surface area contributed by atoms with Crippen molar-refractivity contribution in [3.05, 3.63) is 66.0 Å². The third kappa shape index (κ3) is 6.27. The van der Waals surface area contributed by atoms with Crippen LogP contribution in [0.15, 0.2) is 54.6 Å². The van der Waals surface area contributed by atoms with E-state index < -0.39 is 17.6 Å². The van der Waals surface area contributed by atoms with Gasteiger partial charge >= 0.3 is 0 Å². The molecule has 136 valence electrons. The van der Waals surface area contributed by atoms with Crippen LogP contribution in [-0.2, 0) is 9.59 Å². The number of nitrogens with one attached hydrogen (secondary N) is 2. The lowest BCUT2D eigenvalue weighted by molar-refractivity contribution is -0.128. The van der Waals surface area contributed by atoms with Crippen LogP contribution >= 0.6 is 0 Å². The van der Waals surface area contributed by atoms with Crippen molar-refractivity contribution in [3.8, 4) is 11.5 Å². The molecular weight excluding hydrogens is 339 g/mol. The van der Waals surface area contributed by atoms with Gasteiger partial charge in [0.25, 0.3) is 11.8 Å². The van der Waals surface area contributed by atoms with E-state index in [0.717, 1.165) is 0 Å². The van der Waals surface area contributed by atoms with Crippen LogP contribution in [0.25, 0.3) is 6.08 Å². The van der Waals surface area contributed by atoms with Crippen LogP contribution in [0, 0.1) is 5.82 Å². The summed E-state index contributed by atoms with van der Waals surface area (Å²) < 4.78 is 23.8. The van der Waals surface area contributed by atoms with Gasteiger partial charge in [-0.25, -0.2) is 4.39 Å². The van der Waals surface area contributed by atoms with Crippen LogP contribution < -0.4 is 20.3 Å². The summed E-state index contributed by atoms with van der Waals surface area (Å²) in [6.07, 6.45) is 2.61. The Kier molecular flexibility index (Phi) is 7.17. The fraction of sp³-hybridized carbons (Fsp3) is 0.158. The van der Waals surface area contributed by atoms with Crippen LogP contribution in [0.1, 0.15) is 12.5 Å². The molecule has 2 aromatic rings. The maximum Gasteiger partial charge on any atom is 0.276 e. The van der Waals surface area contributed by atoms with Gasteiger partial charge in [0.1, 0.15) is 5.82 Å². The third-order valence-electron chi connectivity index (χ3n) is 3.11. The van der Waals surface area contributed by atoms with Crippen molar-refractivity contribution in [1.29, 1.82) is 0 Å². The molecule has 2 N–H and O–H groups in total. The minimum Gasteiger partial charge on any atom is -0.490 e. The Balaban J connectivity index is 1.77. The maximum absolute atomic E-state index is 13.0. The first kappa shape index (κ1) is 19.0. The van der Waals surface area contributed by atoms with Gasteiger partial charge in [-0.2, -0.15) is 0 Å². The van der Waals surface area contributed by atoms with E-state index in [9.17, 15) is 14.0 Å². The summed E-state index contributed by atoms with van der Waals surface area (Å²) in [7, 11) is 0. The second kappa shape index (κ2) is 9.83. The second-order valence-corrected chi connectivity index (χ2v) is 5.09. The van der Waals surface area contributed by atoms with Crippen molar-refractivity contribution in [2.45, 2.75) is 6.92 Å². The predicted octanol–water partition coefficient (Wildman–Crippen LogP) is 2.46. The monoisotopic (exact) mass is 358 g/mol. The predicted molar refractivity (Wildman–Crippen MR) is 94.8 cm³/mol. The summed E-state index contributed by atoms with van der Waals surface area (Å²) in [5, 5.41) is 0. The number of hydrogen-bond acceptors (Lipinski definition) is 4. The Morgan fingerprint density at radius 3 is 2.46 bits per heavy atom. The Bertz CT molecular complexity index is 793. The van der Waals surface area contributed by atoms with E-state index in [1.165, 1.54) is 30.4 Å². The first-order chi connectivity index (χ1) is 12.6. The Morgan fingerprint density at radius 2 is 1.77 bits per heavy atom. The van der Waals surface area contributed by atoms with Crippen LogP contribution in [0.3, 0.4) is 0 Å². The molecule has 6 nitrogen and oxygen atoms in total. The fourth-order valence-electron chi connectivity index (χ4n) is 1.98. The minimum atomic E-state index is -0.558. The number of benzene rings is 2. The lowest BCUT2D eigenvalue weighted by Crippen LogP contribution is -2.43. The highest BCUT2D eigenvalue weighted by atomic mass is 19.1. The van der Waals surface area contributed by atoms with Crippen molar-refractivity contribution in [2.24, 2.45) is 0 Å². The molecule has 0 aliphatic heterocycles. The number of halogens is 1.